The van der Waals surface area contributed by atoms with E-state index in [1.807, 2.05) is 6.08 Å². The fourth-order valence-corrected chi connectivity index (χ4v) is 9.82. The van der Waals surface area contributed by atoms with Gasteiger partial charge in [-0.2, -0.15) is 0 Å². The van der Waals surface area contributed by atoms with Crippen LogP contribution in [0.25, 0.3) is 0 Å². The molecule has 2 aliphatic rings. The number of aliphatic hydroxyl groups is 8. The van der Waals surface area contributed by atoms with Crippen LogP contribution >= 0.6 is 0 Å². The first-order valence-corrected chi connectivity index (χ1v) is 31.3. The summed E-state index contributed by atoms with van der Waals surface area (Å²) >= 11 is 0. The second kappa shape index (κ2) is 49.8. The van der Waals surface area contributed by atoms with Gasteiger partial charge in [-0.1, -0.05) is 234 Å². The zero-order valence-electron chi connectivity index (χ0n) is 49.1. The predicted octanol–water partition coefficient (Wildman–Crippen LogP) is 11.3. The van der Waals surface area contributed by atoms with Crippen molar-refractivity contribution in [2.24, 2.45) is 0 Å². The van der Waals surface area contributed by atoms with Crippen molar-refractivity contribution in [3.63, 3.8) is 0 Å². The fourth-order valence-electron chi connectivity index (χ4n) is 9.82. The molecule has 0 aromatic rings. The molecule has 0 saturated carbocycles. The topological polar surface area (TPSA) is 228 Å². The van der Waals surface area contributed by atoms with Crippen LogP contribution in [0, 0.1) is 0 Å². The van der Waals surface area contributed by atoms with E-state index in [4.69, 9.17) is 18.9 Å². The largest absolute Gasteiger partial charge is 0.394 e. The van der Waals surface area contributed by atoms with Gasteiger partial charge in [-0.25, -0.2) is 0 Å². The van der Waals surface area contributed by atoms with Crippen LogP contribution in [0.5, 0.6) is 0 Å². The summed E-state index contributed by atoms with van der Waals surface area (Å²) in [7, 11) is 0. The number of carbonyl (C=O) groups is 1. The molecule has 79 heavy (non-hydrogen) atoms. The standard InChI is InChI=1S/C65H113NO13/c1-3-5-7-9-11-13-15-17-19-20-21-22-23-24-25-26-27-28-29-30-31-32-33-34-35-37-39-41-43-45-47-49-57(70)66-53(54(69)48-46-44-42-40-38-36-18-16-14-12-10-8-6-4-2)52-76-64-62(75)60(73)63(56(51-68)78-64)79-65-61(74)59(72)58(71)55(50-67)77-65/h5,7,11,13,17,19,21-22,24-25,27-28,46,48,53-56,58-65,67-69,71-75H,3-4,6,8-10,12,14-16,18,20,23,26,29-45,47,49-52H2,1-2H3,(H,66,70)/b7-5-,13-11-,19-17-,22-21-,25-24-,28-27-,48-46+. The van der Waals surface area contributed by atoms with Crippen molar-refractivity contribution in [2.75, 3.05) is 19.8 Å². The Kier molecular flexibility index (Phi) is 45.5. The normalized spacial score (nSPS) is 25.0. The number of hydrogen-bond donors (Lipinski definition) is 9. The number of rotatable bonds is 49. The Bertz CT molecular complexity index is 1650. The van der Waals surface area contributed by atoms with Gasteiger partial charge in [-0.05, 0) is 70.6 Å². The van der Waals surface area contributed by atoms with Gasteiger partial charge in [0.25, 0.3) is 0 Å². The van der Waals surface area contributed by atoms with Crippen LogP contribution in [0.1, 0.15) is 226 Å². The lowest BCUT2D eigenvalue weighted by Gasteiger charge is -2.46. The summed E-state index contributed by atoms with van der Waals surface area (Å²) in [6.45, 7) is 2.67. The Balaban J connectivity index is 1.68. The van der Waals surface area contributed by atoms with E-state index in [2.05, 4.69) is 92.1 Å². The van der Waals surface area contributed by atoms with Gasteiger partial charge in [-0.3, -0.25) is 4.79 Å². The van der Waals surface area contributed by atoms with Crippen LogP contribution in [-0.4, -0.2) is 140 Å². The van der Waals surface area contributed by atoms with Gasteiger partial charge in [0.05, 0.1) is 32.0 Å². The third-order valence-electron chi connectivity index (χ3n) is 14.8. The van der Waals surface area contributed by atoms with E-state index in [0.717, 1.165) is 83.5 Å². The molecule has 0 radical (unpaired) electrons. The zero-order chi connectivity index (χ0) is 57.4. The molecule has 0 bridgehead atoms. The van der Waals surface area contributed by atoms with Gasteiger partial charge in [0, 0.05) is 6.42 Å². The number of ether oxygens (including phenoxy) is 4. The van der Waals surface area contributed by atoms with Crippen LogP contribution in [0.3, 0.4) is 0 Å². The van der Waals surface area contributed by atoms with Gasteiger partial charge >= 0.3 is 0 Å². The summed E-state index contributed by atoms with van der Waals surface area (Å²) < 4.78 is 22.8. The summed E-state index contributed by atoms with van der Waals surface area (Å²) in [5, 5.41) is 87.1. The number of hydrogen-bond acceptors (Lipinski definition) is 13. The number of amides is 1. The zero-order valence-corrected chi connectivity index (χ0v) is 49.1. The van der Waals surface area contributed by atoms with E-state index in [0.29, 0.717) is 6.42 Å². The summed E-state index contributed by atoms with van der Waals surface area (Å²) in [4.78, 5) is 13.3. The molecule has 2 rings (SSSR count). The van der Waals surface area contributed by atoms with Gasteiger partial charge in [0.15, 0.2) is 12.6 Å². The molecular weight excluding hydrogens is 1000 g/mol. The van der Waals surface area contributed by atoms with E-state index >= 15 is 0 Å². The first-order valence-electron chi connectivity index (χ1n) is 31.3. The molecule has 9 N–H and O–H groups in total. The summed E-state index contributed by atoms with van der Waals surface area (Å²) in [5.41, 5.74) is 0. The molecule has 0 spiro atoms. The molecule has 2 heterocycles. The van der Waals surface area contributed by atoms with Crippen LogP contribution in [0.2, 0.25) is 0 Å². The Labute approximate surface area is 478 Å². The lowest BCUT2D eigenvalue weighted by molar-refractivity contribution is -0.359. The molecule has 1 amide bonds. The third-order valence-corrected chi connectivity index (χ3v) is 14.8. The maximum absolute atomic E-state index is 13.3. The van der Waals surface area contributed by atoms with E-state index in [-0.39, 0.29) is 18.9 Å². The average Bonchev–Trinajstić information content (AvgIpc) is 3.55. The number of allylic oxidation sites excluding steroid dienone is 13. The number of nitrogens with one attached hydrogen (secondary N) is 1. The Hall–Kier alpha value is -2.83. The third kappa shape index (κ3) is 35.0. The van der Waals surface area contributed by atoms with Crippen LogP contribution in [-0.2, 0) is 23.7 Å². The first-order chi connectivity index (χ1) is 38.6. The van der Waals surface area contributed by atoms with Crippen LogP contribution in [0.4, 0.5) is 0 Å². The second-order valence-electron chi connectivity index (χ2n) is 21.8. The maximum atomic E-state index is 13.3. The smallest absolute Gasteiger partial charge is 0.220 e. The fraction of sp³-hybridized carbons (Fsp3) is 0.769. The minimum Gasteiger partial charge on any atom is -0.394 e. The van der Waals surface area contributed by atoms with E-state index < -0.39 is 86.8 Å². The van der Waals surface area contributed by atoms with E-state index in [9.17, 15) is 45.6 Å². The Morgan fingerprint density at radius 3 is 1.34 bits per heavy atom. The molecule has 2 fully saturated rings. The van der Waals surface area contributed by atoms with Crippen molar-refractivity contribution in [1.82, 2.24) is 5.32 Å². The molecule has 2 saturated heterocycles. The number of aliphatic hydroxyl groups excluding tert-OH is 8. The molecule has 14 heteroatoms. The molecule has 12 unspecified atom stereocenters. The van der Waals surface area contributed by atoms with Crippen molar-refractivity contribution >= 4 is 5.91 Å². The highest BCUT2D eigenvalue weighted by Crippen LogP contribution is 2.30. The molecule has 14 nitrogen and oxygen atoms in total. The summed E-state index contributed by atoms with van der Waals surface area (Å²) in [5.74, 6) is -0.245. The van der Waals surface area contributed by atoms with Gasteiger partial charge in [0.1, 0.15) is 48.8 Å². The summed E-state index contributed by atoms with van der Waals surface area (Å²) in [6.07, 6.45) is 50.5. The van der Waals surface area contributed by atoms with E-state index in [1.54, 1.807) is 6.08 Å². The lowest BCUT2D eigenvalue weighted by atomic mass is 9.97. The van der Waals surface area contributed by atoms with Crippen LogP contribution in [0.15, 0.2) is 85.1 Å². The molecule has 0 aliphatic carbocycles. The monoisotopic (exact) mass is 1120 g/mol. The van der Waals surface area contributed by atoms with Crippen molar-refractivity contribution in [3.05, 3.63) is 85.1 Å². The Morgan fingerprint density at radius 1 is 0.468 bits per heavy atom. The average molecular weight is 1120 g/mol. The highest BCUT2D eigenvalue weighted by atomic mass is 16.7. The number of carbonyl (C=O) groups excluding carboxylic acids is 1. The highest BCUT2D eigenvalue weighted by Gasteiger charge is 2.51. The quantitative estimate of drug-likeness (QED) is 0.0204. The highest BCUT2D eigenvalue weighted by molar-refractivity contribution is 5.76. The first kappa shape index (κ1) is 72.3. The molecule has 2 aliphatic heterocycles. The number of unbranched alkanes of at least 4 members (excludes halogenated alkanes) is 24. The van der Waals surface area contributed by atoms with E-state index in [1.165, 1.54) is 116 Å². The lowest BCUT2D eigenvalue weighted by Crippen LogP contribution is -2.65. The maximum Gasteiger partial charge on any atom is 0.220 e. The van der Waals surface area contributed by atoms with Crippen LogP contribution < -0.4 is 5.32 Å². The minimum atomic E-state index is -1.79. The van der Waals surface area contributed by atoms with Crippen molar-refractivity contribution < 1.29 is 64.6 Å². The van der Waals surface area contributed by atoms with Gasteiger partial charge in [0.2, 0.25) is 5.91 Å². The molecule has 12 atom stereocenters. The SMILES string of the molecule is CC/C=C\C/C=C\C/C=C\C/C=C\C/C=C\C/C=C\CCCCCCCCCCCCCCC(=O)NC(COC1OC(CO)C(OC2OC(CO)C(O)C(O)C2O)C(O)C1O)C(O)/C=C/CCCCCCCCCCCCCC. The van der Waals surface area contributed by atoms with Gasteiger partial charge in [-0.15, -0.1) is 0 Å². The minimum absolute atomic E-state index is 0.245. The van der Waals surface area contributed by atoms with Crippen molar-refractivity contribution in [2.45, 2.75) is 299 Å². The predicted molar refractivity (Wildman–Crippen MR) is 318 cm³/mol. The summed E-state index contributed by atoms with van der Waals surface area (Å²) in [6, 6.07) is -0.920. The molecule has 0 aromatic carbocycles. The Morgan fingerprint density at radius 2 is 0.873 bits per heavy atom. The molecule has 0 aromatic heterocycles. The second-order valence-corrected chi connectivity index (χ2v) is 21.8. The van der Waals surface area contributed by atoms with Crippen molar-refractivity contribution in [3.8, 4) is 0 Å². The van der Waals surface area contributed by atoms with Crippen molar-refractivity contribution in [1.29, 1.82) is 0 Å². The molecular formula is C65H113NO13. The van der Waals surface area contributed by atoms with Gasteiger partial charge < -0.3 is 65.1 Å². The molecule has 456 valence electrons.